The largest absolute Gasteiger partial charge is 0.466 e. The zero-order valence-electron chi connectivity index (χ0n) is 9.59. The number of hydrogen-bond donors (Lipinski definition) is 0. The molecule has 0 amide bonds. The summed E-state index contributed by atoms with van der Waals surface area (Å²) in [4.78, 5) is 0. The number of alkyl halides is 3. The Morgan fingerprint density at radius 1 is 1.29 bits per heavy atom. The zero-order valence-corrected chi connectivity index (χ0v) is 9.59. The van der Waals surface area contributed by atoms with Gasteiger partial charge >= 0.3 is 6.18 Å². The number of aryl methyl sites for hydroxylation is 3. The van der Waals surface area contributed by atoms with Crippen LogP contribution < -0.4 is 0 Å². The van der Waals surface area contributed by atoms with Crippen molar-refractivity contribution in [3.63, 3.8) is 0 Å². The van der Waals surface area contributed by atoms with E-state index < -0.39 is 11.7 Å². The van der Waals surface area contributed by atoms with E-state index in [1.54, 1.807) is 19.9 Å². The van der Waals surface area contributed by atoms with E-state index in [2.05, 4.69) is 5.10 Å². The van der Waals surface area contributed by atoms with Gasteiger partial charge in [0.2, 0.25) is 0 Å². The van der Waals surface area contributed by atoms with Crippen LogP contribution in [0.4, 0.5) is 13.2 Å². The Labute approximate surface area is 95.8 Å². The van der Waals surface area contributed by atoms with Crippen LogP contribution in [0.3, 0.4) is 0 Å². The van der Waals surface area contributed by atoms with Gasteiger partial charge in [0.15, 0.2) is 0 Å². The Hall–Kier alpha value is -1.72. The minimum absolute atomic E-state index is 0.0886. The Morgan fingerprint density at radius 3 is 2.41 bits per heavy atom. The van der Waals surface area contributed by atoms with Crippen LogP contribution in [0.1, 0.15) is 17.1 Å². The van der Waals surface area contributed by atoms with Crippen molar-refractivity contribution in [3.8, 4) is 11.3 Å². The van der Waals surface area contributed by atoms with E-state index in [0.29, 0.717) is 17.1 Å². The second-order valence-corrected chi connectivity index (χ2v) is 3.89. The number of halogens is 3. The molecule has 0 aliphatic rings. The maximum absolute atomic E-state index is 12.8. The van der Waals surface area contributed by atoms with Crippen LogP contribution in [0.5, 0.6) is 0 Å². The molecule has 2 rings (SSSR count). The standard InChI is InChI=1S/C11H11F3N2O/c1-6-4-8(7(2)17-6)10-9(11(12,13)14)5-16(3)15-10/h4-5H,1-3H3. The van der Waals surface area contributed by atoms with Gasteiger partial charge < -0.3 is 4.42 Å². The molecule has 0 N–H and O–H groups in total. The number of hydrogen-bond acceptors (Lipinski definition) is 2. The molecule has 0 radical (unpaired) electrons. The van der Waals surface area contributed by atoms with Gasteiger partial charge in [-0.1, -0.05) is 0 Å². The highest BCUT2D eigenvalue weighted by atomic mass is 19.4. The highest BCUT2D eigenvalue weighted by Gasteiger charge is 2.37. The van der Waals surface area contributed by atoms with Crippen molar-refractivity contribution in [2.75, 3.05) is 0 Å². The normalized spacial score (nSPS) is 12.1. The number of nitrogens with zero attached hydrogens (tertiary/aromatic N) is 2. The van der Waals surface area contributed by atoms with Gasteiger partial charge in [-0.05, 0) is 19.9 Å². The lowest BCUT2D eigenvalue weighted by Gasteiger charge is -2.05. The molecule has 0 spiro atoms. The van der Waals surface area contributed by atoms with Crippen molar-refractivity contribution in [1.29, 1.82) is 0 Å². The van der Waals surface area contributed by atoms with E-state index in [4.69, 9.17) is 4.42 Å². The maximum Gasteiger partial charge on any atom is 0.420 e. The molecule has 2 aromatic rings. The summed E-state index contributed by atoms with van der Waals surface area (Å²) in [5, 5.41) is 3.86. The molecule has 17 heavy (non-hydrogen) atoms. The molecule has 3 nitrogen and oxygen atoms in total. The van der Waals surface area contributed by atoms with Crippen LogP contribution in [-0.4, -0.2) is 9.78 Å². The Balaban J connectivity index is 2.63. The van der Waals surface area contributed by atoms with E-state index in [1.807, 2.05) is 0 Å². The minimum atomic E-state index is -4.42. The topological polar surface area (TPSA) is 31.0 Å². The van der Waals surface area contributed by atoms with Gasteiger partial charge in [-0.15, -0.1) is 0 Å². The van der Waals surface area contributed by atoms with Gasteiger partial charge in [0.25, 0.3) is 0 Å². The summed E-state index contributed by atoms with van der Waals surface area (Å²) < 4.78 is 44.8. The third-order valence-electron chi connectivity index (χ3n) is 2.43. The third kappa shape index (κ3) is 2.07. The summed E-state index contributed by atoms with van der Waals surface area (Å²) in [5.41, 5.74) is -0.450. The highest BCUT2D eigenvalue weighted by molar-refractivity contribution is 5.65. The van der Waals surface area contributed by atoms with Gasteiger partial charge in [-0.3, -0.25) is 4.68 Å². The molecular weight excluding hydrogens is 233 g/mol. The van der Waals surface area contributed by atoms with E-state index >= 15 is 0 Å². The highest BCUT2D eigenvalue weighted by Crippen LogP contribution is 2.37. The molecule has 0 saturated heterocycles. The second kappa shape index (κ2) is 3.65. The fourth-order valence-electron chi connectivity index (χ4n) is 1.76. The van der Waals surface area contributed by atoms with Crippen LogP contribution in [0, 0.1) is 13.8 Å². The molecule has 2 heterocycles. The Bertz CT molecular complexity index is 552. The van der Waals surface area contributed by atoms with Crippen molar-refractivity contribution >= 4 is 0 Å². The third-order valence-corrected chi connectivity index (χ3v) is 2.43. The SMILES string of the molecule is Cc1cc(-c2nn(C)cc2C(F)(F)F)c(C)o1. The van der Waals surface area contributed by atoms with Crippen LogP contribution >= 0.6 is 0 Å². The molecular formula is C11H11F3N2O. The van der Waals surface area contributed by atoms with Crippen molar-refractivity contribution in [1.82, 2.24) is 9.78 Å². The minimum Gasteiger partial charge on any atom is -0.466 e. The van der Waals surface area contributed by atoms with E-state index in [9.17, 15) is 13.2 Å². The molecule has 6 heteroatoms. The molecule has 0 saturated carbocycles. The summed E-state index contributed by atoms with van der Waals surface area (Å²) in [5.74, 6) is 1.00. The molecule has 0 aromatic carbocycles. The summed E-state index contributed by atoms with van der Waals surface area (Å²) in [7, 11) is 1.46. The first-order valence-corrected chi connectivity index (χ1v) is 4.97. The quantitative estimate of drug-likeness (QED) is 0.770. The van der Waals surface area contributed by atoms with Crippen molar-refractivity contribution in [3.05, 3.63) is 29.3 Å². The van der Waals surface area contributed by atoms with Gasteiger partial charge in [-0.25, -0.2) is 0 Å². The average Bonchev–Trinajstić information content (AvgIpc) is 2.68. The molecule has 0 aliphatic heterocycles. The lowest BCUT2D eigenvalue weighted by molar-refractivity contribution is -0.137. The fourth-order valence-corrected chi connectivity index (χ4v) is 1.76. The van der Waals surface area contributed by atoms with E-state index in [1.165, 1.54) is 7.05 Å². The molecule has 0 unspecified atom stereocenters. The summed E-state index contributed by atoms with van der Waals surface area (Å²) in [6, 6.07) is 1.56. The van der Waals surface area contributed by atoms with E-state index in [0.717, 1.165) is 10.9 Å². The van der Waals surface area contributed by atoms with Crippen LogP contribution in [0.15, 0.2) is 16.7 Å². The molecule has 0 atom stereocenters. The molecule has 0 aliphatic carbocycles. The van der Waals surface area contributed by atoms with Crippen LogP contribution in [0.25, 0.3) is 11.3 Å². The van der Waals surface area contributed by atoms with Crippen molar-refractivity contribution in [2.24, 2.45) is 7.05 Å². The molecule has 0 fully saturated rings. The molecule has 0 bridgehead atoms. The predicted molar refractivity (Wildman–Crippen MR) is 55.4 cm³/mol. The molecule has 2 aromatic heterocycles. The summed E-state index contributed by atoms with van der Waals surface area (Å²) in [6.45, 7) is 3.31. The summed E-state index contributed by atoms with van der Waals surface area (Å²) >= 11 is 0. The number of furan rings is 1. The summed E-state index contributed by atoms with van der Waals surface area (Å²) in [6.07, 6.45) is -3.45. The van der Waals surface area contributed by atoms with Crippen molar-refractivity contribution < 1.29 is 17.6 Å². The zero-order chi connectivity index (χ0) is 12.8. The van der Waals surface area contributed by atoms with E-state index in [-0.39, 0.29) is 5.69 Å². The smallest absolute Gasteiger partial charge is 0.420 e. The van der Waals surface area contributed by atoms with Gasteiger partial charge in [0, 0.05) is 18.8 Å². The monoisotopic (exact) mass is 244 g/mol. The Kier molecular flexibility index (Phi) is 2.52. The first kappa shape index (κ1) is 11.8. The van der Waals surface area contributed by atoms with Gasteiger partial charge in [0.05, 0.1) is 0 Å². The van der Waals surface area contributed by atoms with Crippen molar-refractivity contribution in [2.45, 2.75) is 20.0 Å². The fraction of sp³-hybridized carbons (Fsp3) is 0.364. The first-order chi connectivity index (χ1) is 7.79. The predicted octanol–water partition coefficient (Wildman–Crippen LogP) is 3.32. The number of rotatable bonds is 1. The average molecular weight is 244 g/mol. The van der Waals surface area contributed by atoms with Gasteiger partial charge in [0.1, 0.15) is 22.8 Å². The number of aromatic nitrogens is 2. The molecule has 92 valence electrons. The van der Waals surface area contributed by atoms with Crippen LogP contribution in [-0.2, 0) is 13.2 Å². The maximum atomic E-state index is 12.8. The van der Waals surface area contributed by atoms with Crippen LogP contribution in [0.2, 0.25) is 0 Å². The van der Waals surface area contributed by atoms with Gasteiger partial charge in [-0.2, -0.15) is 18.3 Å². The lowest BCUT2D eigenvalue weighted by atomic mass is 10.1. The lowest BCUT2D eigenvalue weighted by Crippen LogP contribution is -2.05. The Morgan fingerprint density at radius 2 is 1.94 bits per heavy atom. The first-order valence-electron chi connectivity index (χ1n) is 4.97. The second-order valence-electron chi connectivity index (χ2n) is 3.89.